The van der Waals surface area contributed by atoms with Crippen LogP contribution in [0, 0.1) is 0 Å². The highest BCUT2D eigenvalue weighted by atomic mass is 32.2. The molecule has 2 heterocycles. The molecule has 1 saturated heterocycles. The van der Waals surface area contributed by atoms with Crippen LogP contribution in [0.25, 0.3) is 0 Å². The van der Waals surface area contributed by atoms with Gasteiger partial charge in [0.2, 0.25) is 0 Å². The van der Waals surface area contributed by atoms with Crippen LogP contribution in [0.2, 0.25) is 0 Å². The van der Waals surface area contributed by atoms with Gasteiger partial charge < -0.3 is 10.8 Å². The first kappa shape index (κ1) is 13.5. The first-order valence-electron chi connectivity index (χ1n) is 5.72. The first-order chi connectivity index (χ1) is 8.63. The van der Waals surface area contributed by atoms with E-state index in [0.717, 1.165) is 17.9 Å². The van der Waals surface area contributed by atoms with Gasteiger partial charge in [-0.05, 0) is 6.42 Å². The predicted molar refractivity (Wildman–Crippen MR) is 75.1 cm³/mol. The molecule has 0 bridgehead atoms. The average molecular weight is 285 g/mol. The van der Waals surface area contributed by atoms with Gasteiger partial charge in [-0.1, -0.05) is 6.92 Å². The van der Waals surface area contributed by atoms with Crippen molar-refractivity contribution in [1.29, 1.82) is 0 Å². The lowest BCUT2D eigenvalue weighted by atomic mass is 10.2. The monoisotopic (exact) mass is 285 g/mol. The zero-order valence-corrected chi connectivity index (χ0v) is 11.6. The summed E-state index contributed by atoms with van der Waals surface area (Å²) in [5.74, 6) is 1.83. The number of carboxylic acid groups (broad SMARTS) is 1. The van der Waals surface area contributed by atoms with Gasteiger partial charge in [0.05, 0.1) is 5.25 Å². The number of aromatic carboxylic acids is 1. The van der Waals surface area contributed by atoms with Gasteiger partial charge in [0.15, 0.2) is 0 Å². The number of anilines is 1. The van der Waals surface area contributed by atoms with Crippen LogP contribution in [0.5, 0.6) is 0 Å². The lowest BCUT2D eigenvalue weighted by Crippen LogP contribution is -2.21. The van der Waals surface area contributed by atoms with Crippen molar-refractivity contribution in [3.8, 4) is 0 Å². The van der Waals surface area contributed by atoms with Gasteiger partial charge in [-0.15, -0.1) is 11.8 Å². The fourth-order valence-corrected chi connectivity index (χ4v) is 4.85. The van der Waals surface area contributed by atoms with E-state index < -0.39 is 5.97 Å². The number of nitrogens with zero attached hydrogens (tertiary/aromatic N) is 2. The summed E-state index contributed by atoms with van der Waals surface area (Å²) in [6, 6.07) is 0. The molecule has 1 aromatic rings. The molecule has 18 heavy (non-hydrogen) atoms. The van der Waals surface area contributed by atoms with Gasteiger partial charge in [0.25, 0.3) is 0 Å². The molecule has 0 amide bonds. The molecule has 0 aliphatic carbocycles. The molecule has 1 aliphatic heterocycles. The Morgan fingerprint density at radius 1 is 1.56 bits per heavy atom. The van der Waals surface area contributed by atoms with Crippen LogP contribution in [0.1, 0.15) is 34.8 Å². The molecule has 0 radical (unpaired) electrons. The number of carboxylic acids is 1. The lowest BCUT2D eigenvalue weighted by Gasteiger charge is -2.28. The van der Waals surface area contributed by atoms with E-state index in [1.807, 2.05) is 23.5 Å². The number of nitrogens with two attached hydrogens (primary N) is 1. The maximum atomic E-state index is 10.9. The Kier molecular flexibility index (Phi) is 4.34. The van der Waals surface area contributed by atoms with E-state index in [0.29, 0.717) is 11.1 Å². The first-order valence-corrected chi connectivity index (χ1v) is 7.82. The molecule has 7 heteroatoms. The van der Waals surface area contributed by atoms with Crippen molar-refractivity contribution >= 4 is 35.3 Å². The Hall–Kier alpha value is -0.950. The zero-order valence-electron chi connectivity index (χ0n) is 10.00. The van der Waals surface area contributed by atoms with Crippen molar-refractivity contribution in [2.24, 2.45) is 0 Å². The second-order valence-corrected chi connectivity index (χ2v) is 6.54. The van der Waals surface area contributed by atoms with E-state index in [1.165, 1.54) is 6.20 Å². The van der Waals surface area contributed by atoms with Crippen molar-refractivity contribution in [3.05, 3.63) is 17.6 Å². The van der Waals surface area contributed by atoms with Gasteiger partial charge >= 0.3 is 5.97 Å². The lowest BCUT2D eigenvalue weighted by molar-refractivity contribution is 0.0697. The number of rotatable bonds is 3. The van der Waals surface area contributed by atoms with Crippen LogP contribution in [0.4, 0.5) is 5.82 Å². The highest BCUT2D eigenvalue weighted by Gasteiger charge is 2.29. The van der Waals surface area contributed by atoms with Crippen LogP contribution < -0.4 is 5.73 Å². The Morgan fingerprint density at radius 3 is 2.89 bits per heavy atom. The molecule has 1 aromatic heterocycles. The van der Waals surface area contributed by atoms with Crippen molar-refractivity contribution < 1.29 is 9.90 Å². The molecule has 1 fully saturated rings. The minimum absolute atomic E-state index is 0.0275. The van der Waals surface area contributed by atoms with Crippen molar-refractivity contribution in [3.63, 3.8) is 0 Å². The van der Waals surface area contributed by atoms with Gasteiger partial charge in [-0.2, -0.15) is 11.8 Å². The molecule has 5 nitrogen and oxygen atoms in total. The highest BCUT2D eigenvalue weighted by Crippen LogP contribution is 2.42. The van der Waals surface area contributed by atoms with Gasteiger partial charge in [-0.3, -0.25) is 0 Å². The summed E-state index contributed by atoms with van der Waals surface area (Å²) in [6.45, 7) is 2.14. The smallest absolute Gasteiger partial charge is 0.341 e. The molecule has 0 saturated carbocycles. The summed E-state index contributed by atoms with van der Waals surface area (Å²) in [6.07, 6.45) is 2.36. The molecule has 98 valence electrons. The number of hydrogen-bond donors (Lipinski definition) is 2. The van der Waals surface area contributed by atoms with Crippen LogP contribution in [-0.4, -0.2) is 37.8 Å². The number of thioether (sulfide) groups is 2. The summed E-state index contributed by atoms with van der Waals surface area (Å²) in [5, 5.41) is 9.57. The van der Waals surface area contributed by atoms with Crippen molar-refractivity contribution in [1.82, 2.24) is 9.97 Å². The van der Waals surface area contributed by atoms with Gasteiger partial charge in [0.1, 0.15) is 17.2 Å². The van der Waals surface area contributed by atoms with E-state index in [4.69, 9.17) is 10.8 Å². The Morgan fingerprint density at radius 2 is 2.28 bits per heavy atom. The number of aromatic nitrogens is 2. The van der Waals surface area contributed by atoms with Crippen LogP contribution in [-0.2, 0) is 0 Å². The van der Waals surface area contributed by atoms with E-state index in [2.05, 4.69) is 16.9 Å². The second-order valence-electron chi connectivity index (χ2n) is 3.94. The highest BCUT2D eigenvalue weighted by molar-refractivity contribution is 8.06. The largest absolute Gasteiger partial charge is 0.477 e. The Labute approximate surface area is 114 Å². The molecule has 2 rings (SSSR count). The van der Waals surface area contributed by atoms with E-state index in [-0.39, 0.29) is 16.6 Å². The van der Waals surface area contributed by atoms with Crippen molar-refractivity contribution in [2.75, 3.05) is 17.2 Å². The molecule has 3 N–H and O–H groups in total. The Bertz CT molecular complexity index is 456. The summed E-state index contributed by atoms with van der Waals surface area (Å²) in [5.41, 5.74) is 5.64. The summed E-state index contributed by atoms with van der Waals surface area (Å²) in [7, 11) is 0. The zero-order chi connectivity index (χ0) is 13.1. The molecule has 2 unspecified atom stereocenters. The number of carbonyl (C=O) groups is 1. The molecule has 0 aromatic carbocycles. The third-order valence-corrected chi connectivity index (χ3v) is 6.02. The van der Waals surface area contributed by atoms with E-state index in [1.54, 1.807) is 0 Å². The fraction of sp³-hybridized carbons (Fsp3) is 0.545. The third-order valence-electron chi connectivity index (χ3n) is 2.77. The third kappa shape index (κ3) is 2.72. The predicted octanol–water partition coefficient (Wildman–Crippen LogP) is 2.06. The quantitative estimate of drug-likeness (QED) is 0.878. The minimum atomic E-state index is -1.09. The molecular weight excluding hydrogens is 270 g/mol. The standard InChI is InChI=1S/C11H15N3O2S2/c1-2-7-8(18-4-3-17-7)10-13-5-6(11(15)16)9(12)14-10/h5,7-8H,2-4H2,1H3,(H,15,16)(H2,12,13,14). The normalized spacial score (nSPS) is 23.8. The van der Waals surface area contributed by atoms with Crippen LogP contribution >= 0.6 is 23.5 Å². The van der Waals surface area contributed by atoms with E-state index >= 15 is 0 Å². The summed E-state index contributed by atoms with van der Waals surface area (Å²) >= 11 is 3.75. The molecule has 1 aliphatic rings. The van der Waals surface area contributed by atoms with Crippen LogP contribution in [0.15, 0.2) is 6.20 Å². The molecular formula is C11H15N3O2S2. The topological polar surface area (TPSA) is 89.1 Å². The maximum absolute atomic E-state index is 10.9. The van der Waals surface area contributed by atoms with E-state index in [9.17, 15) is 4.79 Å². The number of hydrogen-bond acceptors (Lipinski definition) is 6. The molecule has 2 atom stereocenters. The summed E-state index contributed by atoms with van der Waals surface area (Å²) < 4.78 is 0. The average Bonchev–Trinajstić information content (AvgIpc) is 2.38. The second kappa shape index (κ2) is 5.79. The summed E-state index contributed by atoms with van der Waals surface area (Å²) in [4.78, 5) is 19.2. The minimum Gasteiger partial charge on any atom is -0.477 e. The van der Waals surface area contributed by atoms with Gasteiger partial charge in [-0.25, -0.2) is 14.8 Å². The van der Waals surface area contributed by atoms with Gasteiger partial charge in [0, 0.05) is 23.0 Å². The number of nitrogen functional groups attached to an aromatic ring is 1. The molecule has 0 spiro atoms. The SMILES string of the molecule is CCC1SCCSC1c1ncc(C(=O)O)c(N)n1. The van der Waals surface area contributed by atoms with Crippen LogP contribution in [0.3, 0.4) is 0 Å². The Balaban J connectivity index is 2.27. The van der Waals surface area contributed by atoms with Crippen molar-refractivity contribution in [2.45, 2.75) is 23.8 Å². The maximum Gasteiger partial charge on any atom is 0.341 e. The fourth-order valence-electron chi connectivity index (χ4n) is 1.85.